The van der Waals surface area contributed by atoms with Gasteiger partial charge >= 0.3 is 6.03 Å². The lowest BCUT2D eigenvalue weighted by molar-refractivity contribution is 0.262. The van der Waals surface area contributed by atoms with Crippen LogP contribution in [0.2, 0.25) is 0 Å². The summed E-state index contributed by atoms with van der Waals surface area (Å²) in [5.41, 5.74) is 0.268. The van der Waals surface area contributed by atoms with Crippen molar-refractivity contribution in [2.75, 3.05) is 10.6 Å². The van der Waals surface area contributed by atoms with Gasteiger partial charge < -0.3 is 9.73 Å². The fourth-order valence-electron chi connectivity index (χ4n) is 2.12. The SMILES string of the molecule is CC(C)(C)c1cnc(CS(=O)c2cnc(NC(=O)Nc3ccc(F)cc3)s2)o1. The third-order valence-corrected chi connectivity index (χ3v) is 6.16. The molecule has 1 aromatic carbocycles. The molecule has 1 unspecified atom stereocenters. The topological polar surface area (TPSA) is 97.1 Å². The third-order valence-electron chi connectivity index (χ3n) is 3.58. The van der Waals surface area contributed by atoms with Crippen molar-refractivity contribution in [2.45, 2.75) is 36.1 Å². The van der Waals surface area contributed by atoms with Gasteiger partial charge in [0, 0.05) is 11.1 Å². The Morgan fingerprint density at radius 3 is 2.54 bits per heavy atom. The average Bonchev–Trinajstić information content (AvgIpc) is 3.26. The number of amides is 2. The summed E-state index contributed by atoms with van der Waals surface area (Å²) >= 11 is 1.10. The van der Waals surface area contributed by atoms with E-state index in [9.17, 15) is 13.4 Å². The minimum atomic E-state index is -1.40. The Hall–Kier alpha value is -2.59. The van der Waals surface area contributed by atoms with Crippen LogP contribution in [-0.4, -0.2) is 20.2 Å². The van der Waals surface area contributed by atoms with E-state index in [4.69, 9.17) is 4.42 Å². The molecular weight excluding hydrogens is 403 g/mol. The van der Waals surface area contributed by atoms with Gasteiger partial charge in [-0.05, 0) is 24.3 Å². The highest BCUT2D eigenvalue weighted by Crippen LogP contribution is 2.26. The Morgan fingerprint density at radius 2 is 1.89 bits per heavy atom. The maximum absolute atomic E-state index is 12.9. The zero-order valence-corrected chi connectivity index (χ0v) is 17.1. The fourth-order valence-corrected chi connectivity index (χ4v) is 4.12. The summed E-state index contributed by atoms with van der Waals surface area (Å²) in [5.74, 6) is 0.849. The number of hydrogen-bond donors (Lipinski definition) is 2. The van der Waals surface area contributed by atoms with Crippen LogP contribution in [0.25, 0.3) is 0 Å². The second-order valence-electron chi connectivity index (χ2n) is 6.93. The number of nitrogens with one attached hydrogen (secondary N) is 2. The Labute approximate surface area is 167 Å². The van der Waals surface area contributed by atoms with Crippen molar-refractivity contribution in [3.05, 3.63) is 54.1 Å². The predicted octanol–water partition coefficient (Wildman–Crippen LogP) is 4.52. The first-order valence-corrected chi connectivity index (χ1v) is 10.5. The van der Waals surface area contributed by atoms with Crippen LogP contribution in [0.3, 0.4) is 0 Å². The molecule has 0 fully saturated rings. The van der Waals surface area contributed by atoms with Crippen LogP contribution in [0.4, 0.5) is 20.0 Å². The van der Waals surface area contributed by atoms with Crippen LogP contribution in [0, 0.1) is 5.82 Å². The molecule has 2 heterocycles. The quantitative estimate of drug-likeness (QED) is 0.630. The number of hydrogen-bond acceptors (Lipinski definition) is 6. The van der Waals surface area contributed by atoms with Crippen LogP contribution in [0.5, 0.6) is 0 Å². The van der Waals surface area contributed by atoms with Crippen molar-refractivity contribution in [1.29, 1.82) is 0 Å². The van der Waals surface area contributed by atoms with Gasteiger partial charge in [0.25, 0.3) is 0 Å². The number of carbonyl (C=O) groups excluding carboxylic acids is 1. The number of rotatable bonds is 5. The maximum atomic E-state index is 12.9. The average molecular weight is 423 g/mol. The van der Waals surface area contributed by atoms with Crippen molar-refractivity contribution in [3.8, 4) is 0 Å². The molecule has 2 N–H and O–H groups in total. The molecule has 0 aliphatic heterocycles. The lowest BCUT2D eigenvalue weighted by Gasteiger charge is -2.12. The lowest BCUT2D eigenvalue weighted by Crippen LogP contribution is -2.19. The minimum absolute atomic E-state index is 0.124. The molecule has 3 aromatic rings. The number of halogens is 1. The Bertz CT molecular complexity index is 993. The highest BCUT2D eigenvalue weighted by molar-refractivity contribution is 7.86. The van der Waals surface area contributed by atoms with E-state index in [1.165, 1.54) is 30.5 Å². The molecule has 0 radical (unpaired) electrons. The fraction of sp³-hybridized carbons (Fsp3) is 0.278. The first-order valence-electron chi connectivity index (χ1n) is 8.33. The van der Waals surface area contributed by atoms with Crippen LogP contribution >= 0.6 is 11.3 Å². The number of carbonyl (C=O) groups is 1. The zero-order valence-electron chi connectivity index (χ0n) is 15.5. The Morgan fingerprint density at radius 1 is 1.18 bits per heavy atom. The van der Waals surface area contributed by atoms with Gasteiger partial charge in [-0.25, -0.2) is 19.2 Å². The number of benzene rings is 1. The summed E-state index contributed by atoms with van der Waals surface area (Å²) in [4.78, 5) is 20.2. The van der Waals surface area contributed by atoms with Crippen LogP contribution in [-0.2, 0) is 22.0 Å². The van der Waals surface area contributed by atoms with Gasteiger partial charge in [0.15, 0.2) is 5.13 Å². The summed E-state index contributed by atoms with van der Waals surface area (Å²) < 4.78 is 31.6. The summed E-state index contributed by atoms with van der Waals surface area (Å²) in [6.07, 6.45) is 3.09. The van der Waals surface area contributed by atoms with Crippen molar-refractivity contribution < 1.29 is 17.8 Å². The number of urea groups is 1. The molecule has 10 heteroatoms. The summed E-state index contributed by atoms with van der Waals surface area (Å²) in [6.45, 7) is 6.02. The van der Waals surface area contributed by atoms with E-state index in [1.54, 1.807) is 6.20 Å². The van der Waals surface area contributed by atoms with Crippen molar-refractivity contribution in [3.63, 3.8) is 0 Å². The van der Waals surface area contributed by atoms with Gasteiger partial charge in [-0.15, -0.1) is 0 Å². The van der Waals surface area contributed by atoms with Gasteiger partial charge in [0.05, 0.1) is 23.2 Å². The van der Waals surface area contributed by atoms with E-state index < -0.39 is 22.6 Å². The van der Waals surface area contributed by atoms with Crippen LogP contribution in [0.15, 0.2) is 45.3 Å². The van der Waals surface area contributed by atoms with E-state index in [0.29, 0.717) is 20.9 Å². The van der Waals surface area contributed by atoms with Gasteiger partial charge in [-0.1, -0.05) is 32.1 Å². The Kier molecular flexibility index (Phi) is 5.90. The molecule has 28 heavy (non-hydrogen) atoms. The minimum Gasteiger partial charge on any atom is -0.444 e. The summed E-state index contributed by atoms with van der Waals surface area (Å²) in [6, 6.07) is 4.85. The highest BCUT2D eigenvalue weighted by Gasteiger charge is 2.21. The molecule has 2 amide bonds. The summed E-state index contributed by atoms with van der Waals surface area (Å²) in [7, 11) is -1.40. The normalized spacial score (nSPS) is 12.6. The summed E-state index contributed by atoms with van der Waals surface area (Å²) in [5, 5.41) is 5.42. The second kappa shape index (κ2) is 8.19. The highest BCUT2D eigenvalue weighted by atomic mass is 32.2. The van der Waals surface area contributed by atoms with Gasteiger partial charge in [0.2, 0.25) is 5.89 Å². The Balaban J connectivity index is 1.58. The molecule has 3 rings (SSSR count). The number of nitrogens with zero attached hydrogens (tertiary/aromatic N) is 2. The molecule has 7 nitrogen and oxygen atoms in total. The molecule has 2 aromatic heterocycles. The first-order chi connectivity index (χ1) is 13.2. The number of oxazole rings is 1. The van der Waals surface area contributed by atoms with E-state index in [2.05, 4.69) is 20.6 Å². The molecule has 0 saturated heterocycles. The number of aromatic nitrogens is 2. The predicted molar refractivity (Wildman–Crippen MR) is 106 cm³/mol. The van der Waals surface area contributed by atoms with Crippen molar-refractivity contribution >= 4 is 39.0 Å². The third kappa shape index (κ3) is 5.23. The zero-order chi connectivity index (χ0) is 20.3. The lowest BCUT2D eigenvalue weighted by atomic mass is 9.94. The molecule has 0 bridgehead atoms. The smallest absolute Gasteiger partial charge is 0.325 e. The van der Waals surface area contributed by atoms with E-state index in [-0.39, 0.29) is 11.2 Å². The molecular formula is C18H19FN4O3S2. The van der Waals surface area contributed by atoms with Gasteiger partial charge in [-0.3, -0.25) is 9.53 Å². The molecule has 0 aliphatic rings. The van der Waals surface area contributed by atoms with Crippen LogP contribution < -0.4 is 10.6 Å². The van der Waals surface area contributed by atoms with Crippen molar-refractivity contribution in [2.24, 2.45) is 0 Å². The first kappa shape index (κ1) is 20.2. The van der Waals surface area contributed by atoms with E-state index in [1.807, 2.05) is 20.8 Å². The molecule has 0 spiro atoms. The van der Waals surface area contributed by atoms with Gasteiger partial charge in [-0.2, -0.15) is 0 Å². The maximum Gasteiger partial charge on any atom is 0.325 e. The standard InChI is InChI=1S/C18H19FN4O3S2/c1-18(2,3)13-8-20-14(26-13)10-28(25)15-9-21-17(27-15)23-16(24)22-12-6-4-11(19)5-7-12/h4-9H,10H2,1-3H3,(H2,21,22,23,24). The van der Waals surface area contributed by atoms with E-state index in [0.717, 1.165) is 17.1 Å². The number of thiazole rings is 1. The van der Waals surface area contributed by atoms with Crippen LogP contribution in [0.1, 0.15) is 32.4 Å². The number of anilines is 2. The monoisotopic (exact) mass is 422 g/mol. The molecule has 0 saturated carbocycles. The molecule has 0 aliphatic carbocycles. The van der Waals surface area contributed by atoms with Gasteiger partial charge in [0.1, 0.15) is 21.5 Å². The molecule has 148 valence electrons. The molecule has 1 atom stereocenters. The van der Waals surface area contributed by atoms with Crippen molar-refractivity contribution in [1.82, 2.24) is 9.97 Å². The largest absolute Gasteiger partial charge is 0.444 e. The van der Waals surface area contributed by atoms with E-state index >= 15 is 0 Å². The second-order valence-corrected chi connectivity index (χ2v) is 9.64.